The Morgan fingerprint density at radius 1 is 1.48 bits per heavy atom. The van der Waals surface area contributed by atoms with E-state index in [2.05, 4.69) is 28.1 Å². The summed E-state index contributed by atoms with van der Waals surface area (Å²) >= 11 is 1.78. The van der Waals surface area contributed by atoms with Crippen LogP contribution in [0.2, 0.25) is 0 Å². The molecule has 1 aliphatic carbocycles. The summed E-state index contributed by atoms with van der Waals surface area (Å²) in [6.07, 6.45) is 5.13. The molecule has 1 heterocycles. The van der Waals surface area contributed by atoms with Gasteiger partial charge in [0.2, 0.25) is 5.91 Å². The van der Waals surface area contributed by atoms with E-state index in [1.165, 1.54) is 30.6 Å². The molecule has 1 aromatic rings. The molecule has 1 amide bonds. The molecule has 0 aliphatic heterocycles. The molecule has 2 N–H and O–H groups in total. The normalized spacial score (nSPS) is 18.6. The third-order valence-electron chi connectivity index (χ3n) is 4.15. The van der Waals surface area contributed by atoms with Gasteiger partial charge < -0.3 is 10.1 Å². The highest BCUT2D eigenvalue weighted by atomic mass is 32.1. The summed E-state index contributed by atoms with van der Waals surface area (Å²) in [6.45, 7) is 3.06. The lowest BCUT2D eigenvalue weighted by molar-refractivity contribution is -0.123. The van der Waals surface area contributed by atoms with Gasteiger partial charge in [0, 0.05) is 24.6 Å². The zero-order valence-corrected chi connectivity index (χ0v) is 13.7. The molecule has 4 nitrogen and oxygen atoms in total. The van der Waals surface area contributed by atoms with Gasteiger partial charge in [0.05, 0.1) is 12.6 Å². The minimum absolute atomic E-state index is 0.0478. The van der Waals surface area contributed by atoms with Crippen molar-refractivity contribution in [1.29, 1.82) is 0 Å². The summed E-state index contributed by atoms with van der Waals surface area (Å²) in [4.78, 5) is 13.5. The van der Waals surface area contributed by atoms with Crippen LogP contribution in [0.15, 0.2) is 17.5 Å². The van der Waals surface area contributed by atoms with E-state index in [9.17, 15) is 4.79 Å². The number of nitrogens with one attached hydrogen (secondary N) is 2. The highest BCUT2D eigenvalue weighted by Crippen LogP contribution is 2.37. The molecule has 2 unspecified atom stereocenters. The second-order valence-corrected chi connectivity index (χ2v) is 6.69. The number of hydrogen-bond acceptors (Lipinski definition) is 4. The lowest BCUT2D eigenvalue weighted by Gasteiger charge is -2.27. The van der Waals surface area contributed by atoms with E-state index in [1.54, 1.807) is 18.4 Å². The lowest BCUT2D eigenvalue weighted by Crippen LogP contribution is -2.45. The molecule has 2 rings (SSSR count). The third-order valence-corrected chi connectivity index (χ3v) is 5.10. The van der Waals surface area contributed by atoms with Gasteiger partial charge in [0.25, 0.3) is 0 Å². The Morgan fingerprint density at radius 2 is 2.24 bits per heavy atom. The quantitative estimate of drug-likeness (QED) is 0.726. The third kappa shape index (κ3) is 4.80. The highest BCUT2D eigenvalue weighted by Gasteiger charge is 2.29. The fraction of sp³-hybridized carbons (Fsp3) is 0.688. The molecule has 21 heavy (non-hydrogen) atoms. The summed E-state index contributed by atoms with van der Waals surface area (Å²) < 4.78 is 4.96. The Bertz CT molecular complexity index is 416. The minimum Gasteiger partial charge on any atom is -0.383 e. The number of ether oxygens (including phenoxy) is 1. The van der Waals surface area contributed by atoms with Gasteiger partial charge in [0.15, 0.2) is 0 Å². The van der Waals surface area contributed by atoms with Crippen molar-refractivity contribution in [2.45, 2.75) is 44.7 Å². The van der Waals surface area contributed by atoms with Gasteiger partial charge in [-0.15, -0.1) is 11.3 Å². The smallest absolute Gasteiger partial charge is 0.236 e. The molecule has 0 aromatic carbocycles. The summed E-state index contributed by atoms with van der Waals surface area (Å²) in [5, 5.41) is 8.56. The number of thiophene rings is 1. The van der Waals surface area contributed by atoms with Crippen LogP contribution in [0, 0.1) is 5.92 Å². The van der Waals surface area contributed by atoms with Crippen molar-refractivity contribution in [2.75, 3.05) is 20.3 Å². The predicted octanol–water partition coefficient (Wildman–Crippen LogP) is 2.72. The molecular formula is C16H26N2O2S. The number of rotatable bonds is 8. The summed E-state index contributed by atoms with van der Waals surface area (Å²) in [5.74, 6) is 0.699. The first-order valence-corrected chi connectivity index (χ1v) is 8.66. The maximum absolute atomic E-state index is 12.1. The summed E-state index contributed by atoms with van der Waals surface area (Å²) in [5.41, 5.74) is 0. The van der Waals surface area contributed by atoms with Crippen LogP contribution in [0.5, 0.6) is 0 Å². The van der Waals surface area contributed by atoms with Crippen LogP contribution in [0.25, 0.3) is 0 Å². The zero-order valence-electron chi connectivity index (χ0n) is 12.9. The van der Waals surface area contributed by atoms with Crippen LogP contribution >= 0.6 is 11.3 Å². The Balaban J connectivity index is 1.93. The van der Waals surface area contributed by atoms with Crippen molar-refractivity contribution < 1.29 is 9.53 Å². The molecule has 1 aromatic heterocycles. The van der Waals surface area contributed by atoms with Crippen molar-refractivity contribution in [1.82, 2.24) is 10.6 Å². The molecule has 5 heteroatoms. The number of amides is 1. The molecule has 1 fully saturated rings. The van der Waals surface area contributed by atoms with Gasteiger partial charge in [-0.2, -0.15) is 0 Å². The highest BCUT2D eigenvalue weighted by molar-refractivity contribution is 7.10. The molecular weight excluding hydrogens is 284 g/mol. The SMILES string of the molecule is COCCNC(=O)C(C)NC(c1cccs1)C1CCCC1. The van der Waals surface area contributed by atoms with Gasteiger partial charge in [0.1, 0.15) is 0 Å². The largest absolute Gasteiger partial charge is 0.383 e. The second-order valence-electron chi connectivity index (χ2n) is 5.71. The molecule has 0 spiro atoms. The number of carbonyl (C=O) groups excluding carboxylic acids is 1. The van der Waals surface area contributed by atoms with Crippen LogP contribution in [-0.2, 0) is 9.53 Å². The maximum Gasteiger partial charge on any atom is 0.236 e. The van der Waals surface area contributed by atoms with E-state index in [0.29, 0.717) is 25.1 Å². The molecule has 0 radical (unpaired) electrons. The molecule has 1 saturated carbocycles. The first-order valence-electron chi connectivity index (χ1n) is 7.78. The van der Waals surface area contributed by atoms with Gasteiger partial charge in [-0.25, -0.2) is 0 Å². The number of carbonyl (C=O) groups is 1. The Hall–Kier alpha value is -0.910. The Morgan fingerprint density at radius 3 is 2.86 bits per heavy atom. The first-order chi connectivity index (χ1) is 10.2. The van der Waals surface area contributed by atoms with E-state index in [1.807, 2.05) is 6.92 Å². The minimum atomic E-state index is -0.186. The van der Waals surface area contributed by atoms with Crippen molar-refractivity contribution in [3.8, 4) is 0 Å². The topological polar surface area (TPSA) is 50.4 Å². The average Bonchev–Trinajstić information content (AvgIpc) is 3.17. The first kappa shape index (κ1) is 16.5. The van der Waals surface area contributed by atoms with E-state index >= 15 is 0 Å². The van der Waals surface area contributed by atoms with Gasteiger partial charge in [-0.1, -0.05) is 18.9 Å². The lowest BCUT2D eigenvalue weighted by atomic mass is 9.96. The second kappa shape index (κ2) is 8.51. The fourth-order valence-electron chi connectivity index (χ4n) is 2.98. The van der Waals surface area contributed by atoms with E-state index in [-0.39, 0.29) is 11.9 Å². The molecule has 0 bridgehead atoms. The van der Waals surface area contributed by atoms with Gasteiger partial charge >= 0.3 is 0 Å². The molecule has 0 saturated heterocycles. The van der Waals surface area contributed by atoms with E-state index in [0.717, 1.165) is 0 Å². The number of hydrogen-bond donors (Lipinski definition) is 2. The van der Waals surface area contributed by atoms with Crippen LogP contribution in [0.4, 0.5) is 0 Å². The monoisotopic (exact) mass is 310 g/mol. The Kier molecular flexibility index (Phi) is 6.67. The zero-order chi connectivity index (χ0) is 15.1. The molecule has 118 valence electrons. The van der Waals surface area contributed by atoms with Crippen LogP contribution < -0.4 is 10.6 Å². The van der Waals surface area contributed by atoms with Gasteiger partial charge in [-0.05, 0) is 37.1 Å². The predicted molar refractivity (Wildman–Crippen MR) is 86.5 cm³/mol. The molecule has 1 aliphatic rings. The van der Waals surface area contributed by atoms with Gasteiger partial charge in [-0.3, -0.25) is 10.1 Å². The summed E-state index contributed by atoms with van der Waals surface area (Å²) in [7, 11) is 1.64. The van der Waals surface area contributed by atoms with E-state index < -0.39 is 0 Å². The van der Waals surface area contributed by atoms with Crippen molar-refractivity contribution in [3.63, 3.8) is 0 Å². The van der Waals surface area contributed by atoms with E-state index in [4.69, 9.17) is 4.74 Å². The maximum atomic E-state index is 12.1. The standard InChI is InChI=1S/C16H26N2O2S/c1-12(16(19)17-9-10-20-2)18-15(13-6-3-4-7-13)14-8-5-11-21-14/h5,8,11-13,15,18H,3-4,6-7,9-10H2,1-2H3,(H,17,19). The van der Waals surface area contributed by atoms with Crippen molar-refractivity contribution in [3.05, 3.63) is 22.4 Å². The number of methoxy groups -OCH3 is 1. The Labute approximate surface area is 131 Å². The van der Waals surface area contributed by atoms with Crippen molar-refractivity contribution >= 4 is 17.2 Å². The molecule has 2 atom stereocenters. The van der Waals surface area contributed by atoms with Crippen LogP contribution in [-0.4, -0.2) is 32.2 Å². The fourth-order valence-corrected chi connectivity index (χ4v) is 3.86. The average molecular weight is 310 g/mol. The van der Waals surface area contributed by atoms with Crippen LogP contribution in [0.3, 0.4) is 0 Å². The van der Waals surface area contributed by atoms with Crippen molar-refractivity contribution in [2.24, 2.45) is 5.92 Å². The summed E-state index contributed by atoms with van der Waals surface area (Å²) in [6, 6.07) is 4.38. The van der Waals surface area contributed by atoms with Crippen LogP contribution in [0.1, 0.15) is 43.5 Å².